The number of benzene rings is 2. The predicted octanol–water partition coefficient (Wildman–Crippen LogP) is 5.30. The van der Waals surface area contributed by atoms with Crippen LogP contribution in [0.15, 0.2) is 47.1 Å². The van der Waals surface area contributed by atoms with E-state index in [1.54, 1.807) is 13.3 Å². The van der Waals surface area contributed by atoms with Gasteiger partial charge in [0.25, 0.3) is 0 Å². The Morgan fingerprint density at radius 3 is 2.89 bits per heavy atom. The molecule has 1 amide bonds. The second-order valence-electron chi connectivity index (χ2n) is 9.79. The van der Waals surface area contributed by atoms with Gasteiger partial charge in [0, 0.05) is 25.0 Å². The van der Waals surface area contributed by atoms with Crippen LogP contribution in [-0.2, 0) is 16.8 Å². The molecule has 188 valence electrons. The van der Waals surface area contributed by atoms with Crippen LogP contribution in [0.2, 0.25) is 0 Å². The van der Waals surface area contributed by atoms with Gasteiger partial charge in [-0.05, 0) is 90.0 Å². The fourth-order valence-corrected chi connectivity index (χ4v) is 5.37. The van der Waals surface area contributed by atoms with E-state index in [9.17, 15) is 4.79 Å². The Labute approximate surface area is 219 Å². The molecule has 0 aliphatic carbocycles. The highest BCUT2D eigenvalue weighted by molar-refractivity contribution is 9.10. The number of methoxy groups -OCH3 is 1. The molecule has 1 aromatic heterocycles. The first-order valence-corrected chi connectivity index (χ1v) is 13.0. The number of hydrogen-bond acceptors (Lipinski definition) is 7. The largest absolute Gasteiger partial charge is 0.495 e. The van der Waals surface area contributed by atoms with Crippen LogP contribution >= 0.6 is 15.9 Å². The molecular formula is C27H31BrN6O2. The van der Waals surface area contributed by atoms with Gasteiger partial charge >= 0.3 is 0 Å². The summed E-state index contributed by atoms with van der Waals surface area (Å²) in [7, 11) is 1.68. The first kappa shape index (κ1) is 24.5. The summed E-state index contributed by atoms with van der Waals surface area (Å²) >= 11 is 3.55. The summed E-state index contributed by atoms with van der Waals surface area (Å²) in [5, 5.41) is 13.2. The Hall–Kier alpha value is -3.17. The van der Waals surface area contributed by atoms with E-state index in [1.165, 1.54) is 18.4 Å². The topological polar surface area (TPSA) is 100 Å². The summed E-state index contributed by atoms with van der Waals surface area (Å²) in [6.07, 6.45) is 4.09. The molecule has 8 nitrogen and oxygen atoms in total. The van der Waals surface area contributed by atoms with E-state index in [0.29, 0.717) is 24.2 Å². The number of aromatic nitrogens is 2. The van der Waals surface area contributed by atoms with Gasteiger partial charge < -0.3 is 26.0 Å². The maximum atomic E-state index is 12.4. The van der Waals surface area contributed by atoms with Crippen LogP contribution in [0.1, 0.15) is 49.3 Å². The van der Waals surface area contributed by atoms with Crippen LogP contribution in [0, 0.1) is 0 Å². The molecule has 2 aromatic carbocycles. The number of piperidine rings is 1. The van der Waals surface area contributed by atoms with Crippen molar-refractivity contribution in [3.8, 4) is 5.75 Å². The van der Waals surface area contributed by atoms with E-state index in [0.717, 1.165) is 45.8 Å². The monoisotopic (exact) mass is 550 g/mol. The molecule has 3 aromatic rings. The first-order valence-electron chi connectivity index (χ1n) is 12.2. The fraction of sp³-hybridized carbons (Fsp3) is 0.370. The summed E-state index contributed by atoms with van der Waals surface area (Å²) in [4.78, 5) is 21.6. The smallest absolute Gasteiger partial charge is 0.234 e. The van der Waals surface area contributed by atoms with Crippen molar-refractivity contribution in [3.05, 3.63) is 63.8 Å². The number of rotatable bonds is 7. The maximum absolute atomic E-state index is 12.4. The highest BCUT2D eigenvalue weighted by Gasteiger charge is 2.39. The van der Waals surface area contributed by atoms with E-state index in [1.807, 2.05) is 38.1 Å². The Balaban J connectivity index is 1.34. The van der Waals surface area contributed by atoms with Gasteiger partial charge in [-0.3, -0.25) is 4.79 Å². The molecule has 0 saturated carbocycles. The molecule has 4 N–H and O–H groups in total. The third kappa shape index (κ3) is 4.77. The molecule has 0 bridgehead atoms. The summed E-state index contributed by atoms with van der Waals surface area (Å²) in [5.41, 5.74) is 4.43. The number of hydrogen-bond donors (Lipinski definition) is 4. The van der Waals surface area contributed by atoms with E-state index in [4.69, 9.17) is 4.74 Å². The van der Waals surface area contributed by atoms with Crippen LogP contribution in [0.3, 0.4) is 0 Å². The van der Waals surface area contributed by atoms with Gasteiger partial charge in [0.2, 0.25) is 11.9 Å². The van der Waals surface area contributed by atoms with E-state index >= 15 is 0 Å². The van der Waals surface area contributed by atoms with Crippen molar-refractivity contribution in [2.75, 3.05) is 36.1 Å². The summed E-state index contributed by atoms with van der Waals surface area (Å²) in [5.74, 6) is 2.39. The van der Waals surface area contributed by atoms with E-state index in [2.05, 4.69) is 59.3 Å². The zero-order chi connectivity index (χ0) is 25.3. The fourth-order valence-electron chi connectivity index (χ4n) is 5.03. The molecule has 36 heavy (non-hydrogen) atoms. The molecule has 1 saturated heterocycles. The number of ether oxygens (including phenoxy) is 1. The summed E-state index contributed by atoms with van der Waals surface area (Å²) < 4.78 is 6.43. The maximum Gasteiger partial charge on any atom is 0.234 e. The summed E-state index contributed by atoms with van der Waals surface area (Å²) in [6, 6.07) is 12.2. The zero-order valence-electron chi connectivity index (χ0n) is 20.7. The van der Waals surface area contributed by atoms with Crippen molar-refractivity contribution in [2.24, 2.45) is 0 Å². The Kier molecular flexibility index (Phi) is 6.85. The molecule has 0 spiro atoms. The van der Waals surface area contributed by atoms with Gasteiger partial charge in [-0.1, -0.05) is 18.2 Å². The number of anilines is 4. The average molecular weight is 551 g/mol. The van der Waals surface area contributed by atoms with Gasteiger partial charge in [-0.25, -0.2) is 4.98 Å². The molecule has 3 heterocycles. The molecular weight excluding hydrogens is 520 g/mol. The number of fused-ring (bicyclic) bond motifs is 1. The third-order valence-corrected chi connectivity index (χ3v) is 7.60. The lowest BCUT2D eigenvalue weighted by molar-refractivity contribution is -0.119. The molecule has 1 fully saturated rings. The minimum atomic E-state index is -0.584. The molecule has 9 heteroatoms. The van der Waals surface area contributed by atoms with Gasteiger partial charge in [-0.15, -0.1) is 0 Å². The van der Waals surface area contributed by atoms with E-state index < -0.39 is 5.41 Å². The molecule has 2 aliphatic rings. The standard InChI is InChI=1S/C27H31BrN6O2/c1-27(2)23-18(6-4-8-21(23)32-25(27)35)14-30-24-19(28)15-31-26(34-24)33-20-10-9-16(12-22(20)36-3)17-7-5-11-29-13-17/h4,6,8-10,12,15,17,29H,5,7,11,13-14H2,1-3H3,(H,32,35)(H2,30,31,33,34). The van der Waals surface area contributed by atoms with Gasteiger partial charge in [0.15, 0.2) is 0 Å². The zero-order valence-corrected chi connectivity index (χ0v) is 22.3. The quantitative estimate of drug-likeness (QED) is 0.316. The number of carbonyl (C=O) groups is 1. The molecule has 5 rings (SSSR count). The van der Waals surface area contributed by atoms with Crippen molar-refractivity contribution in [3.63, 3.8) is 0 Å². The number of nitrogens with zero attached hydrogens (tertiary/aromatic N) is 2. The lowest BCUT2D eigenvalue weighted by atomic mass is 9.83. The number of carbonyl (C=O) groups excluding carboxylic acids is 1. The molecule has 1 unspecified atom stereocenters. The highest BCUT2D eigenvalue weighted by Crippen LogP contribution is 2.40. The SMILES string of the molecule is COc1cc(C2CCCNC2)ccc1Nc1ncc(Br)c(NCc2cccc3c2C(C)(C)C(=O)N3)n1. The van der Waals surface area contributed by atoms with Gasteiger partial charge in [0.05, 0.1) is 22.7 Å². The van der Waals surface area contributed by atoms with Crippen molar-refractivity contribution in [1.82, 2.24) is 15.3 Å². The molecule has 0 radical (unpaired) electrons. The lowest BCUT2D eigenvalue weighted by Crippen LogP contribution is -2.28. The molecule has 2 aliphatic heterocycles. The van der Waals surface area contributed by atoms with Gasteiger partial charge in [0.1, 0.15) is 11.6 Å². The van der Waals surface area contributed by atoms with Crippen molar-refractivity contribution in [1.29, 1.82) is 0 Å². The van der Waals surface area contributed by atoms with Crippen LogP contribution in [-0.4, -0.2) is 36.1 Å². The van der Waals surface area contributed by atoms with Crippen LogP contribution in [0.5, 0.6) is 5.75 Å². The third-order valence-electron chi connectivity index (χ3n) is 7.02. The second-order valence-corrected chi connectivity index (χ2v) is 10.6. The van der Waals surface area contributed by atoms with Crippen LogP contribution < -0.4 is 26.0 Å². The summed E-state index contributed by atoms with van der Waals surface area (Å²) in [6.45, 7) is 6.49. The van der Waals surface area contributed by atoms with Crippen molar-refractivity contribution in [2.45, 2.75) is 44.6 Å². The minimum Gasteiger partial charge on any atom is -0.495 e. The Morgan fingerprint density at radius 1 is 1.25 bits per heavy atom. The normalized spacial score (nSPS) is 18.3. The van der Waals surface area contributed by atoms with Crippen molar-refractivity contribution < 1.29 is 9.53 Å². The Bertz CT molecular complexity index is 1290. The van der Waals surface area contributed by atoms with E-state index in [-0.39, 0.29) is 5.91 Å². The Morgan fingerprint density at radius 2 is 2.11 bits per heavy atom. The predicted molar refractivity (Wildman–Crippen MR) is 146 cm³/mol. The minimum absolute atomic E-state index is 0.0133. The first-order chi connectivity index (χ1) is 17.4. The molecule has 1 atom stereocenters. The van der Waals surface area contributed by atoms with Gasteiger partial charge in [-0.2, -0.15) is 4.98 Å². The lowest BCUT2D eigenvalue weighted by Gasteiger charge is -2.24. The average Bonchev–Trinajstić information content (AvgIpc) is 3.13. The highest BCUT2D eigenvalue weighted by atomic mass is 79.9. The van der Waals surface area contributed by atoms with Crippen LogP contribution in [0.4, 0.5) is 23.1 Å². The van der Waals surface area contributed by atoms with Crippen LogP contribution in [0.25, 0.3) is 0 Å². The number of amides is 1. The second kappa shape index (κ2) is 10.1. The number of nitrogens with one attached hydrogen (secondary N) is 4. The number of halogens is 1. The van der Waals surface area contributed by atoms with Crippen molar-refractivity contribution >= 4 is 45.0 Å².